The number of quaternary nitrogens is 1. The van der Waals surface area contributed by atoms with Crippen LogP contribution < -0.4 is 5.32 Å². The zero-order valence-electron chi connectivity index (χ0n) is 54.4. The van der Waals surface area contributed by atoms with E-state index in [1.54, 1.807) is 0 Å². The smallest absolute Gasteiger partial charge is 0.456 e. The van der Waals surface area contributed by atoms with Crippen molar-refractivity contribution < 1.29 is 37.3 Å². The Hall–Kier alpha value is -3.59. The van der Waals surface area contributed by atoms with Crippen molar-refractivity contribution in [1.82, 2.24) is 5.32 Å². The van der Waals surface area contributed by atoms with Gasteiger partial charge >= 0.3 is 13.8 Å². The number of carbonyl (C=O) groups excluding carboxylic acids is 2. The lowest BCUT2D eigenvalue weighted by atomic mass is 10.0. The lowest BCUT2D eigenvalue weighted by molar-refractivity contribution is -0.870. The molecule has 0 aliphatic rings. The molecule has 0 rings (SSSR count). The van der Waals surface area contributed by atoms with Gasteiger partial charge < -0.3 is 19.4 Å². The lowest BCUT2D eigenvalue weighted by Crippen LogP contribution is -2.47. The van der Waals surface area contributed by atoms with E-state index in [2.05, 4.69) is 135 Å². The van der Waals surface area contributed by atoms with Gasteiger partial charge in [-0.1, -0.05) is 265 Å². The molecule has 9 nitrogen and oxygen atoms in total. The van der Waals surface area contributed by atoms with Gasteiger partial charge in [0.1, 0.15) is 19.3 Å². The molecule has 0 fully saturated rings. The number of likely N-dealkylation sites (N-methyl/N-ethyl adjacent to an activating group) is 1. The van der Waals surface area contributed by atoms with Crippen LogP contribution in [-0.2, 0) is 27.9 Å². The van der Waals surface area contributed by atoms with Gasteiger partial charge in [-0.15, -0.1) is 0 Å². The first-order valence-electron chi connectivity index (χ1n) is 33.9. The summed E-state index contributed by atoms with van der Waals surface area (Å²) in [5.74, 6) is -0.542. The Morgan fingerprint density at radius 2 is 0.771 bits per heavy atom. The first kappa shape index (κ1) is 79.4. The number of hydrogen-bond donors (Lipinski definition) is 2. The molecule has 0 radical (unpaired) electrons. The summed E-state index contributed by atoms with van der Waals surface area (Å²) in [6, 6.07) is -0.873. The fraction of sp³-hybridized carbons (Fsp3) is 0.699. The second kappa shape index (κ2) is 61.5. The summed E-state index contributed by atoms with van der Waals surface area (Å²) in [5, 5.41) is 3.05. The molecule has 3 atom stereocenters. The number of allylic oxidation sites excluding steroid dienone is 19. The molecular formula is C73H128N2O7P+. The fourth-order valence-corrected chi connectivity index (χ4v) is 9.92. The van der Waals surface area contributed by atoms with Crippen LogP contribution in [0.4, 0.5) is 0 Å². The number of amides is 1. The average Bonchev–Trinajstić information content (AvgIpc) is 3.47. The largest absolute Gasteiger partial charge is 0.472 e. The van der Waals surface area contributed by atoms with Gasteiger partial charge in [0, 0.05) is 12.8 Å². The first-order chi connectivity index (χ1) is 40.4. The van der Waals surface area contributed by atoms with Gasteiger partial charge in [0.2, 0.25) is 5.91 Å². The maximum Gasteiger partial charge on any atom is 0.472 e. The molecule has 0 aliphatic heterocycles. The molecule has 0 spiro atoms. The minimum atomic E-state index is -4.47. The number of phosphoric acid groups is 1. The molecule has 0 bridgehead atoms. The molecule has 0 saturated heterocycles. The third kappa shape index (κ3) is 62.8. The monoisotopic (exact) mass is 1180 g/mol. The first-order valence-corrected chi connectivity index (χ1v) is 35.4. The van der Waals surface area contributed by atoms with Gasteiger partial charge in [-0.25, -0.2) is 4.57 Å². The van der Waals surface area contributed by atoms with Crippen molar-refractivity contribution in [3.63, 3.8) is 0 Å². The molecule has 2 N–H and O–H groups in total. The molecule has 0 aromatic rings. The molecule has 83 heavy (non-hydrogen) atoms. The van der Waals surface area contributed by atoms with Gasteiger partial charge in [-0.2, -0.15) is 0 Å². The van der Waals surface area contributed by atoms with Crippen LogP contribution in [0.15, 0.2) is 122 Å². The van der Waals surface area contributed by atoms with E-state index in [9.17, 15) is 19.0 Å². The summed E-state index contributed by atoms with van der Waals surface area (Å²) in [4.78, 5) is 37.9. The molecule has 0 aromatic heterocycles. The maximum atomic E-state index is 13.6. The number of nitrogens with zero attached hydrogens (tertiary/aromatic N) is 1. The second-order valence-electron chi connectivity index (χ2n) is 23.6. The van der Waals surface area contributed by atoms with Crippen LogP contribution in [0.3, 0.4) is 0 Å². The minimum Gasteiger partial charge on any atom is -0.456 e. The predicted octanol–water partition coefficient (Wildman–Crippen LogP) is 21.4. The van der Waals surface area contributed by atoms with Crippen LogP contribution in [0.1, 0.15) is 278 Å². The number of unbranched alkanes of at least 4 members (excludes halogenated alkanes) is 26. The zero-order chi connectivity index (χ0) is 60.7. The van der Waals surface area contributed by atoms with Crippen LogP contribution >= 0.6 is 7.82 Å². The number of carbonyl (C=O) groups is 2. The number of rotatable bonds is 60. The quantitative estimate of drug-likeness (QED) is 0.0205. The van der Waals surface area contributed by atoms with Crippen molar-refractivity contribution in [3.8, 4) is 0 Å². The summed E-state index contributed by atoms with van der Waals surface area (Å²) >= 11 is 0. The van der Waals surface area contributed by atoms with Gasteiger partial charge in [0.05, 0.1) is 33.8 Å². The molecule has 1 amide bonds. The van der Waals surface area contributed by atoms with E-state index in [0.717, 1.165) is 141 Å². The highest BCUT2D eigenvalue weighted by atomic mass is 31.2. The number of phosphoric ester groups is 1. The summed E-state index contributed by atoms with van der Waals surface area (Å²) < 4.78 is 30.8. The SMILES string of the molecule is CC/C=C\C/C=C\C/C=C\C/C=C\C/C=C\CCCCCCCCCC(=O)OC(/C=C/CCCCCCCCCCCCC)C(COP(=O)(O)OCC[N+](C)(C)C)NC(=O)CCCCCCC/C=C\C/C=C\C/C=C\C/C=C\CCCCC. The third-order valence-corrected chi connectivity index (χ3v) is 15.4. The molecule has 3 unspecified atom stereocenters. The number of esters is 1. The van der Waals surface area contributed by atoms with Crippen molar-refractivity contribution in [2.75, 3.05) is 40.9 Å². The van der Waals surface area contributed by atoms with Gasteiger partial charge in [0.25, 0.3) is 0 Å². The zero-order valence-corrected chi connectivity index (χ0v) is 55.3. The average molecular weight is 1180 g/mol. The topological polar surface area (TPSA) is 111 Å². The highest BCUT2D eigenvalue weighted by Gasteiger charge is 2.30. The van der Waals surface area contributed by atoms with E-state index in [1.165, 1.54) is 103 Å². The van der Waals surface area contributed by atoms with Crippen LogP contribution in [0.5, 0.6) is 0 Å². The molecule has 0 aromatic carbocycles. The van der Waals surface area contributed by atoms with E-state index < -0.39 is 20.0 Å². The fourth-order valence-electron chi connectivity index (χ4n) is 9.19. The third-order valence-electron chi connectivity index (χ3n) is 14.4. The Labute approximate surface area is 512 Å². The summed E-state index contributed by atoms with van der Waals surface area (Å²) in [6.45, 7) is 6.85. The maximum absolute atomic E-state index is 13.6. The van der Waals surface area contributed by atoms with Crippen molar-refractivity contribution in [3.05, 3.63) is 122 Å². The minimum absolute atomic E-state index is 0.0280. The molecule has 10 heteroatoms. The van der Waals surface area contributed by atoms with Crippen LogP contribution in [-0.4, -0.2) is 74.3 Å². The van der Waals surface area contributed by atoms with Crippen LogP contribution in [0.2, 0.25) is 0 Å². The van der Waals surface area contributed by atoms with E-state index in [1.807, 2.05) is 33.3 Å². The lowest BCUT2D eigenvalue weighted by Gasteiger charge is -2.27. The highest BCUT2D eigenvalue weighted by molar-refractivity contribution is 7.47. The molecule has 0 heterocycles. The van der Waals surface area contributed by atoms with E-state index in [0.29, 0.717) is 17.4 Å². The molecular weight excluding hydrogens is 1050 g/mol. The van der Waals surface area contributed by atoms with Crippen molar-refractivity contribution in [1.29, 1.82) is 0 Å². The Balaban J connectivity index is 5.27. The summed E-state index contributed by atoms with van der Waals surface area (Å²) in [5.41, 5.74) is 0. The second-order valence-corrected chi connectivity index (χ2v) is 25.1. The van der Waals surface area contributed by atoms with Crippen LogP contribution in [0, 0.1) is 0 Å². The van der Waals surface area contributed by atoms with Crippen molar-refractivity contribution in [2.24, 2.45) is 0 Å². The Bertz CT molecular complexity index is 1830. The van der Waals surface area contributed by atoms with Gasteiger partial charge in [0.15, 0.2) is 0 Å². The van der Waals surface area contributed by atoms with E-state index in [4.69, 9.17) is 13.8 Å². The predicted molar refractivity (Wildman–Crippen MR) is 360 cm³/mol. The Kier molecular flexibility index (Phi) is 58.8. The summed E-state index contributed by atoms with van der Waals surface area (Å²) in [6.07, 6.45) is 86.2. The van der Waals surface area contributed by atoms with Gasteiger partial charge in [-0.3, -0.25) is 18.6 Å². The molecule has 0 saturated carbocycles. The summed E-state index contributed by atoms with van der Waals surface area (Å²) in [7, 11) is 1.46. The Morgan fingerprint density at radius 1 is 0.434 bits per heavy atom. The highest BCUT2D eigenvalue weighted by Crippen LogP contribution is 2.43. The number of nitrogens with one attached hydrogen (secondary N) is 1. The Morgan fingerprint density at radius 3 is 1.18 bits per heavy atom. The van der Waals surface area contributed by atoms with Crippen molar-refractivity contribution in [2.45, 2.75) is 290 Å². The van der Waals surface area contributed by atoms with Crippen LogP contribution in [0.25, 0.3) is 0 Å². The van der Waals surface area contributed by atoms with E-state index in [-0.39, 0.29) is 31.5 Å². The number of hydrogen-bond acceptors (Lipinski definition) is 6. The normalized spacial score (nSPS) is 14.3. The van der Waals surface area contributed by atoms with Crippen molar-refractivity contribution >= 4 is 19.7 Å². The van der Waals surface area contributed by atoms with E-state index >= 15 is 0 Å². The standard InChI is InChI=1S/C73H127N2O7P/c1-7-10-13-16-19-22-25-28-30-32-34-36-37-39-41-43-45-48-51-54-57-60-63-66-73(77)82-71(64-61-58-55-52-49-46-27-24-21-18-15-12-9-3)70(69-81-83(78,79)80-68-67-75(4,5)6)74-72(76)65-62-59-56-53-50-47-44-42-40-38-35-33-31-29-26-23-20-17-14-11-8-2/h10,13,19-20,22-23,28-31,34-36,38-39,41-42,44,61,64,70-71H,7-9,11-12,14-18,21,24-27,32-33,37,40,43,45-60,62-63,65-69H2,1-6H3,(H-,74,76,78,79)/p+1/b13-10-,22-19-,23-20-,30-28-,31-29-,36-34-,38-35-,41-39-,44-42-,64-61+. The molecule has 0 aliphatic carbocycles. The van der Waals surface area contributed by atoms with Gasteiger partial charge in [-0.05, 0) is 122 Å². The molecule has 476 valence electrons. The number of ether oxygens (including phenoxy) is 1.